The van der Waals surface area contributed by atoms with E-state index in [1.165, 1.54) is 62.5 Å². The lowest BCUT2D eigenvalue weighted by Gasteiger charge is -2.34. The summed E-state index contributed by atoms with van der Waals surface area (Å²) >= 11 is 0. The fourth-order valence-corrected chi connectivity index (χ4v) is 6.32. The molecular weight excluding hydrogens is 512 g/mol. The lowest BCUT2D eigenvalue weighted by molar-refractivity contribution is -0.104. The second-order valence-electron chi connectivity index (χ2n) is 13.8. The SMILES string of the molecule is CC1=C(CC/C(C)=C/C=C/C(C)=C/C=O)C(C)(C)CCC1.CC1=C(CC/C(C)=C/C=C/C(C)=C\C=O)C(C)(C)CCC1. The number of carbonyl (C=O) groups is 2. The maximum atomic E-state index is 10.4. The van der Waals surface area contributed by atoms with Crippen molar-refractivity contribution in [2.24, 2.45) is 10.8 Å². The number of hydrogen-bond donors (Lipinski definition) is 0. The summed E-state index contributed by atoms with van der Waals surface area (Å²) in [6, 6.07) is 0. The molecule has 0 aliphatic heterocycles. The number of hydrogen-bond acceptors (Lipinski definition) is 2. The van der Waals surface area contributed by atoms with Gasteiger partial charge >= 0.3 is 0 Å². The number of rotatable bonds is 12. The fourth-order valence-electron chi connectivity index (χ4n) is 6.32. The van der Waals surface area contributed by atoms with E-state index in [-0.39, 0.29) is 0 Å². The molecule has 0 radical (unpaired) electrons. The predicted molar refractivity (Wildman–Crippen MR) is 185 cm³/mol. The summed E-state index contributed by atoms with van der Waals surface area (Å²) in [6.07, 6.45) is 29.6. The maximum absolute atomic E-state index is 10.4. The molecule has 2 aliphatic carbocycles. The Hall–Kier alpha value is -2.74. The quantitative estimate of drug-likeness (QED) is 0.101. The molecule has 0 saturated carbocycles. The van der Waals surface area contributed by atoms with Gasteiger partial charge in [0.15, 0.2) is 0 Å². The van der Waals surface area contributed by atoms with Crippen molar-refractivity contribution in [2.75, 3.05) is 0 Å². The summed E-state index contributed by atoms with van der Waals surface area (Å²) in [5.41, 5.74) is 12.1. The third-order valence-corrected chi connectivity index (χ3v) is 9.05. The standard InChI is InChI=1S/2C20H30O/c2*1-16(8-6-9-17(2)13-15-21)11-12-19-18(3)10-7-14-20(19,4)5/h2*6,8-9,13,15H,7,10-12,14H2,1-5H3/b9-6+,16-8+,17-13+;9-6+,16-8+,17-13-. The Morgan fingerprint density at radius 2 is 0.976 bits per heavy atom. The van der Waals surface area contributed by atoms with E-state index in [0.29, 0.717) is 10.8 Å². The Morgan fingerprint density at radius 1 is 0.619 bits per heavy atom. The molecule has 0 atom stereocenters. The van der Waals surface area contributed by atoms with Crippen molar-refractivity contribution in [3.05, 3.63) is 93.2 Å². The lowest BCUT2D eigenvalue weighted by atomic mass is 9.71. The van der Waals surface area contributed by atoms with Crippen LogP contribution in [0, 0.1) is 10.8 Å². The van der Waals surface area contributed by atoms with E-state index < -0.39 is 0 Å². The molecule has 0 fully saturated rings. The molecule has 2 rings (SSSR count). The lowest BCUT2D eigenvalue weighted by Crippen LogP contribution is -2.20. The van der Waals surface area contributed by atoms with Gasteiger partial charge in [0.05, 0.1) is 0 Å². The third kappa shape index (κ3) is 14.0. The van der Waals surface area contributed by atoms with Gasteiger partial charge in [-0.1, -0.05) is 97.6 Å². The molecule has 0 N–H and O–H groups in total. The van der Waals surface area contributed by atoms with E-state index in [9.17, 15) is 9.59 Å². The van der Waals surface area contributed by atoms with Crippen molar-refractivity contribution < 1.29 is 9.59 Å². The molecule has 2 nitrogen and oxygen atoms in total. The predicted octanol–water partition coefficient (Wildman–Crippen LogP) is 11.9. The van der Waals surface area contributed by atoms with Crippen LogP contribution in [-0.4, -0.2) is 12.6 Å². The molecule has 0 unspecified atom stereocenters. The van der Waals surface area contributed by atoms with Gasteiger partial charge in [-0.15, -0.1) is 0 Å². The summed E-state index contributed by atoms with van der Waals surface area (Å²) in [4.78, 5) is 20.7. The van der Waals surface area contributed by atoms with E-state index in [4.69, 9.17) is 0 Å². The van der Waals surface area contributed by atoms with E-state index in [2.05, 4.69) is 67.5 Å². The zero-order chi connectivity index (χ0) is 31.8. The molecule has 232 valence electrons. The zero-order valence-corrected chi connectivity index (χ0v) is 28.7. The van der Waals surface area contributed by atoms with Crippen LogP contribution in [-0.2, 0) is 9.59 Å². The molecule has 0 spiro atoms. The van der Waals surface area contributed by atoms with Crippen molar-refractivity contribution >= 4 is 12.6 Å². The Labute approximate surface area is 259 Å². The van der Waals surface area contributed by atoms with Crippen molar-refractivity contribution in [3.8, 4) is 0 Å². The average Bonchev–Trinajstić information content (AvgIpc) is 2.88. The largest absolute Gasteiger partial charge is 0.299 e. The minimum absolute atomic E-state index is 0.377. The van der Waals surface area contributed by atoms with E-state index in [1.807, 2.05) is 38.2 Å². The van der Waals surface area contributed by atoms with Gasteiger partial charge < -0.3 is 0 Å². The minimum Gasteiger partial charge on any atom is -0.299 e. The molecule has 42 heavy (non-hydrogen) atoms. The van der Waals surface area contributed by atoms with Crippen molar-refractivity contribution in [1.82, 2.24) is 0 Å². The Kier molecular flexibility index (Phi) is 16.6. The molecule has 0 amide bonds. The molecule has 0 aromatic rings. The van der Waals surface area contributed by atoms with Gasteiger partial charge in [0.1, 0.15) is 12.6 Å². The summed E-state index contributed by atoms with van der Waals surface area (Å²) in [5, 5.41) is 0. The van der Waals surface area contributed by atoms with Crippen LogP contribution in [0.25, 0.3) is 0 Å². The molecule has 0 saturated heterocycles. The normalized spacial score (nSPS) is 20.2. The van der Waals surface area contributed by atoms with Gasteiger partial charge in [0, 0.05) is 0 Å². The molecule has 0 bridgehead atoms. The summed E-state index contributed by atoms with van der Waals surface area (Å²) < 4.78 is 0. The van der Waals surface area contributed by atoms with Gasteiger partial charge in [-0.2, -0.15) is 0 Å². The molecule has 0 aromatic heterocycles. The Bertz CT molecular complexity index is 1060. The maximum Gasteiger partial charge on any atom is 0.143 e. The number of carbonyl (C=O) groups excluding carboxylic acids is 2. The summed E-state index contributed by atoms with van der Waals surface area (Å²) in [5.74, 6) is 0. The highest BCUT2D eigenvalue weighted by atomic mass is 16.1. The van der Waals surface area contributed by atoms with Crippen LogP contribution in [0.4, 0.5) is 0 Å². The number of aldehydes is 2. The van der Waals surface area contributed by atoms with Crippen molar-refractivity contribution in [3.63, 3.8) is 0 Å². The highest BCUT2D eigenvalue weighted by Gasteiger charge is 2.28. The molecule has 0 heterocycles. The van der Waals surface area contributed by atoms with Crippen LogP contribution in [0.2, 0.25) is 0 Å². The third-order valence-electron chi connectivity index (χ3n) is 9.05. The van der Waals surface area contributed by atoms with Gasteiger partial charge in [-0.05, 0) is 140 Å². The fraction of sp³-hybridized carbons (Fsp3) is 0.550. The van der Waals surface area contributed by atoms with Gasteiger partial charge in [-0.25, -0.2) is 0 Å². The monoisotopic (exact) mass is 572 g/mol. The van der Waals surface area contributed by atoms with Crippen LogP contribution in [0.5, 0.6) is 0 Å². The second-order valence-corrected chi connectivity index (χ2v) is 13.8. The van der Waals surface area contributed by atoms with E-state index in [1.54, 1.807) is 34.4 Å². The van der Waals surface area contributed by atoms with E-state index >= 15 is 0 Å². The first-order valence-corrected chi connectivity index (χ1v) is 16.0. The Balaban J connectivity index is 0.000000420. The van der Waals surface area contributed by atoms with Crippen LogP contribution >= 0.6 is 0 Å². The highest BCUT2D eigenvalue weighted by Crippen LogP contribution is 2.43. The minimum atomic E-state index is 0.377. The summed E-state index contributed by atoms with van der Waals surface area (Å²) in [7, 11) is 0. The van der Waals surface area contributed by atoms with Crippen LogP contribution in [0.1, 0.15) is 133 Å². The first kappa shape index (κ1) is 37.3. The molecule has 2 heteroatoms. The molecular formula is C40H60O2. The van der Waals surface area contributed by atoms with Gasteiger partial charge in [-0.3, -0.25) is 9.59 Å². The van der Waals surface area contributed by atoms with Gasteiger partial charge in [0.2, 0.25) is 0 Å². The first-order valence-electron chi connectivity index (χ1n) is 16.0. The van der Waals surface area contributed by atoms with Crippen LogP contribution < -0.4 is 0 Å². The Morgan fingerprint density at radius 3 is 1.29 bits per heavy atom. The van der Waals surface area contributed by atoms with Crippen molar-refractivity contribution in [1.29, 1.82) is 0 Å². The van der Waals surface area contributed by atoms with Crippen LogP contribution in [0.15, 0.2) is 93.2 Å². The number of allylic oxidation sites excluding steroid dienone is 16. The zero-order valence-electron chi connectivity index (χ0n) is 28.7. The van der Waals surface area contributed by atoms with Crippen LogP contribution in [0.3, 0.4) is 0 Å². The van der Waals surface area contributed by atoms with E-state index in [0.717, 1.165) is 36.6 Å². The summed E-state index contributed by atoms with van der Waals surface area (Å²) in [6.45, 7) is 22.4. The molecule has 0 aromatic carbocycles. The first-order chi connectivity index (χ1) is 19.7. The smallest absolute Gasteiger partial charge is 0.143 e. The second kappa shape index (κ2) is 18.7. The van der Waals surface area contributed by atoms with Crippen molar-refractivity contribution in [2.45, 2.75) is 133 Å². The topological polar surface area (TPSA) is 34.1 Å². The van der Waals surface area contributed by atoms with Gasteiger partial charge in [0.25, 0.3) is 0 Å². The highest BCUT2D eigenvalue weighted by molar-refractivity contribution is 5.67. The molecule has 2 aliphatic rings. The average molecular weight is 573 g/mol.